The Morgan fingerprint density at radius 1 is 1.32 bits per heavy atom. The van der Waals surface area contributed by atoms with Crippen LogP contribution in [0.5, 0.6) is 0 Å². The average molecular weight is 260 g/mol. The molecule has 0 saturated carbocycles. The molecule has 19 heavy (non-hydrogen) atoms. The van der Waals surface area contributed by atoms with E-state index in [4.69, 9.17) is 0 Å². The first kappa shape index (κ1) is 14.5. The summed E-state index contributed by atoms with van der Waals surface area (Å²) in [7, 11) is 0. The van der Waals surface area contributed by atoms with Crippen LogP contribution < -0.4 is 5.32 Å². The first-order valence-corrected chi connectivity index (χ1v) is 7.64. The zero-order valence-electron chi connectivity index (χ0n) is 12.7. The lowest BCUT2D eigenvalue weighted by Crippen LogP contribution is -2.20. The van der Waals surface area contributed by atoms with E-state index in [0.717, 1.165) is 25.6 Å². The summed E-state index contributed by atoms with van der Waals surface area (Å²) in [6.07, 6.45) is 1.36. The zero-order valence-corrected chi connectivity index (χ0v) is 12.7. The minimum absolute atomic E-state index is 0.717. The highest BCUT2D eigenvalue weighted by molar-refractivity contribution is 5.23. The van der Waals surface area contributed by atoms with Crippen molar-refractivity contribution < 1.29 is 0 Å². The molecule has 1 N–H and O–H groups in total. The summed E-state index contributed by atoms with van der Waals surface area (Å²) in [4.78, 5) is 2.57. The molecular formula is C17H28N2. The second-order valence-corrected chi connectivity index (χ2v) is 6.47. The number of rotatable bonds is 6. The Hall–Kier alpha value is -0.860. The predicted octanol–water partition coefficient (Wildman–Crippen LogP) is 3.27. The fourth-order valence-electron chi connectivity index (χ4n) is 2.77. The van der Waals surface area contributed by atoms with E-state index in [1.165, 1.54) is 30.6 Å². The summed E-state index contributed by atoms with van der Waals surface area (Å²) in [5.41, 5.74) is 2.86. The van der Waals surface area contributed by atoms with Crippen molar-refractivity contribution in [3.8, 4) is 0 Å². The van der Waals surface area contributed by atoms with Gasteiger partial charge in [-0.15, -0.1) is 0 Å². The molecule has 1 fully saturated rings. The van der Waals surface area contributed by atoms with Gasteiger partial charge in [0.05, 0.1) is 0 Å². The molecule has 0 radical (unpaired) electrons. The minimum Gasteiger partial charge on any atom is -0.312 e. The van der Waals surface area contributed by atoms with Crippen LogP contribution >= 0.6 is 0 Å². The van der Waals surface area contributed by atoms with Crippen molar-refractivity contribution in [2.45, 2.75) is 40.3 Å². The molecular weight excluding hydrogens is 232 g/mol. The molecule has 0 aliphatic carbocycles. The molecule has 1 saturated heterocycles. The minimum atomic E-state index is 0.717. The van der Waals surface area contributed by atoms with Crippen LogP contribution in [0.15, 0.2) is 24.3 Å². The Morgan fingerprint density at radius 3 is 2.79 bits per heavy atom. The van der Waals surface area contributed by atoms with Crippen molar-refractivity contribution in [2.24, 2.45) is 11.8 Å². The van der Waals surface area contributed by atoms with Crippen LogP contribution in [0.4, 0.5) is 0 Å². The van der Waals surface area contributed by atoms with E-state index in [-0.39, 0.29) is 0 Å². The maximum atomic E-state index is 3.52. The Morgan fingerprint density at radius 2 is 2.11 bits per heavy atom. The Labute approximate surface area is 118 Å². The van der Waals surface area contributed by atoms with E-state index in [2.05, 4.69) is 55.3 Å². The van der Waals surface area contributed by atoms with Crippen LogP contribution in [-0.2, 0) is 13.1 Å². The largest absolute Gasteiger partial charge is 0.312 e. The molecule has 0 aromatic heterocycles. The molecule has 1 aliphatic heterocycles. The summed E-state index contributed by atoms with van der Waals surface area (Å²) in [6, 6.07) is 9.04. The third-order valence-electron chi connectivity index (χ3n) is 3.79. The molecule has 1 aromatic carbocycles. The van der Waals surface area contributed by atoms with Gasteiger partial charge in [0.25, 0.3) is 0 Å². The van der Waals surface area contributed by atoms with Crippen molar-refractivity contribution in [3.05, 3.63) is 35.4 Å². The van der Waals surface area contributed by atoms with Gasteiger partial charge in [0.15, 0.2) is 0 Å². The van der Waals surface area contributed by atoms with Crippen LogP contribution in [0, 0.1) is 11.8 Å². The highest BCUT2D eigenvalue weighted by Crippen LogP contribution is 2.18. The van der Waals surface area contributed by atoms with Gasteiger partial charge in [0.1, 0.15) is 0 Å². The summed E-state index contributed by atoms with van der Waals surface area (Å²) >= 11 is 0. The summed E-state index contributed by atoms with van der Waals surface area (Å²) in [5.74, 6) is 1.59. The van der Waals surface area contributed by atoms with Crippen LogP contribution in [0.25, 0.3) is 0 Å². The maximum Gasteiger partial charge on any atom is 0.0233 e. The molecule has 1 aliphatic rings. The monoisotopic (exact) mass is 260 g/mol. The van der Waals surface area contributed by atoms with E-state index in [1.54, 1.807) is 0 Å². The third kappa shape index (κ3) is 4.96. The normalized spacial score (nSPS) is 20.3. The molecule has 2 heteroatoms. The van der Waals surface area contributed by atoms with E-state index >= 15 is 0 Å². The fourth-order valence-corrected chi connectivity index (χ4v) is 2.77. The molecule has 106 valence electrons. The molecule has 1 atom stereocenters. The maximum absolute atomic E-state index is 3.52. The van der Waals surface area contributed by atoms with Crippen LogP contribution in [0.3, 0.4) is 0 Å². The van der Waals surface area contributed by atoms with Gasteiger partial charge >= 0.3 is 0 Å². The number of likely N-dealkylation sites (tertiary alicyclic amines) is 1. The van der Waals surface area contributed by atoms with Crippen molar-refractivity contribution in [1.82, 2.24) is 10.2 Å². The Kier molecular flexibility index (Phi) is 5.41. The number of hydrogen-bond acceptors (Lipinski definition) is 2. The first-order valence-electron chi connectivity index (χ1n) is 7.64. The highest BCUT2D eigenvalue weighted by Gasteiger charge is 2.18. The number of nitrogens with zero attached hydrogens (tertiary/aromatic N) is 1. The van der Waals surface area contributed by atoms with Gasteiger partial charge in [-0.25, -0.2) is 0 Å². The molecule has 1 aromatic rings. The van der Waals surface area contributed by atoms with Gasteiger partial charge in [-0.2, -0.15) is 0 Å². The Balaban J connectivity index is 1.84. The SMILES string of the molecule is CC(C)CNCc1cccc(CN2CCC(C)C2)c1. The second-order valence-electron chi connectivity index (χ2n) is 6.47. The lowest BCUT2D eigenvalue weighted by atomic mass is 10.1. The number of nitrogens with one attached hydrogen (secondary N) is 1. The standard InChI is InChI=1S/C17H28N2/c1-14(2)10-18-11-16-5-4-6-17(9-16)13-19-8-7-15(3)12-19/h4-6,9,14-15,18H,7-8,10-13H2,1-3H3. The summed E-state index contributed by atoms with van der Waals surface area (Å²) in [6.45, 7) is 12.6. The summed E-state index contributed by atoms with van der Waals surface area (Å²) in [5, 5.41) is 3.52. The molecule has 0 spiro atoms. The van der Waals surface area contributed by atoms with Gasteiger partial charge in [-0.1, -0.05) is 45.0 Å². The summed E-state index contributed by atoms with van der Waals surface area (Å²) < 4.78 is 0. The van der Waals surface area contributed by atoms with Gasteiger partial charge in [0, 0.05) is 19.6 Å². The lowest BCUT2D eigenvalue weighted by molar-refractivity contribution is 0.320. The van der Waals surface area contributed by atoms with Crippen LogP contribution in [0.1, 0.15) is 38.3 Å². The fraction of sp³-hybridized carbons (Fsp3) is 0.647. The molecule has 1 unspecified atom stereocenters. The van der Waals surface area contributed by atoms with E-state index in [1.807, 2.05) is 0 Å². The van der Waals surface area contributed by atoms with Crippen LogP contribution in [0.2, 0.25) is 0 Å². The lowest BCUT2D eigenvalue weighted by Gasteiger charge is -2.16. The van der Waals surface area contributed by atoms with Crippen molar-refractivity contribution in [3.63, 3.8) is 0 Å². The molecule has 0 amide bonds. The molecule has 2 rings (SSSR count). The van der Waals surface area contributed by atoms with Gasteiger partial charge in [-0.05, 0) is 42.5 Å². The topological polar surface area (TPSA) is 15.3 Å². The predicted molar refractivity (Wildman–Crippen MR) is 82.0 cm³/mol. The number of benzene rings is 1. The Bertz CT molecular complexity index is 387. The number of hydrogen-bond donors (Lipinski definition) is 1. The quantitative estimate of drug-likeness (QED) is 0.844. The van der Waals surface area contributed by atoms with Gasteiger partial charge < -0.3 is 5.32 Å². The smallest absolute Gasteiger partial charge is 0.0233 e. The van der Waals surface area contributed by atoms with Gasteiger partial charge in [0.2, 0.25) is 0 Å². The van der Waals surface area contributed by atoms with E-state index in [0.29, 0.717) is 5.92 Å². The third-order valence-corrected chi connectivity index (χ3v) is 3.79. The zero-order chi connectivity index (χ0) is 13.7. The molecule has 2 nitrogen and oxygen atoms in total. The van der Waals surface area contributed by atoms with Crippen molar-refractivity contribution in [2.75, 3.05) is 19.6 Å². The average Bonchev–Trinajstić information content (AvgIpc) is 2.75. The molecule has 1 heterocycles. The van der Waals surface area contributed by atoms with Gasteiger partial charge in [-0.3, -0.25) is 4.90 Å². The van der Waals surface area contributed by atoms with Crippen molar-refractivity contribution in [1.29, 1.82) is 0 Å². The van der Waals surface area contributed by atoms with E-state index < -0.39 is 0 Å². The second kappa shape index (κ2) is 7.06. The highest BCUT2D eigenvalue weighted by atomic mass is 15.1. The first-order chi connectivity index (χ1) is 9.13. The van der Waals surface area contributed by atoms with E-state index in [9.17, 15) is 0 Å². The van der Waals surface area contributed by atoms with Crippen molar-refractivity contribution >= 4 is 0 Å². The molecule has 0 bridgehead atoms. The van der Waals surface area contributed by atoms with Crippen LogP contribution in [-0.4, -0.2) is 24.5 Å².